The number of carboxylic acid groups (broad SMARTS) is 1. The third-order valence-corrected chi connectivity index (χ3v) is 7.03. The van der Waals surface area contributed by atoms with E-state index in [-0.39, 0.29) is 36.4 Å². The minimum atomic E-state index is -1.03. The fourth-order valence-electron chi connectivity index (χ4n) is 4.68. The molecule has 4 rings (SSSR count). The van der Waals surface area contributed by atoms with E-state index in [0.29, 0.717) is 23.8 Å². The third-order valence-electron chi connectivity index (χ3n) is 7.03. The number of anilines is 3. The number of carbonyl (C=O) groups is 4. The largest absolute Gasteiger partial charge is 0.478 e. The van der Waals surface area contributed by atoms with Gasteiger partial charge >= 0.3 is 12.0 Å². The van der Waals surface area contributed by atoms with Crippen LogP contribution in [0, 0.1) is 12.8 Å². The number of para-hydroxylation sites is 1. The lowest BCUT2D eigenvalue weighted by molar-refractivity contribution is -0.124. The topological polar surface area (TPSA) is 140 Å². The summed E-state index contributed by atoms with van der Waals surface area (Å²) in [6, 6.07) is 20.2. The Bertz CT molecular complexity index is 1370. The molecule has 0 unspecified atom stereocenters. The van der Waals surface area contributed by atoms with Gasteiger partial charge in [-0.15, -0.1) is 0 Å². The number of nitrogens with one attached hydrogen (secondary N) is 4. The van der Waals surface area contributed by atoms with E-state index in [4.69, 9.17) is 0 Å². The van der Waals surface area contributed by atoms with Crippen LogP contribution in [-0.2, 0) is 16.0 Å². The molecule has 3 aromatic carbocycles. The second-order valence-corrected chi connectivity index (χ2v) is 10.1. The molecule has 4 amide bonds. The molecule has 41 heavy (non-hydrogen) atoms. The molecule has 0 atom stereocenters. The molecule has 1 saturated heterocycles. The second kappa shape index (κ2) is 14.1. The van der Waals surface area contributed by atoms with E-state index in [2.05, 4.69) is 21.3 Å². The number of carbonyl (C=O) groups excluding carboxylic acids is 3. The average Bonchev–Trinajstić information content (AvgIpc) is 2.97. The molecule has 0 spiro atoms. The standard InChI is InChI=1S/C31H35N5O5/c1-21-4-2-3-5-27(21)35-31(41)34-25-10-6-22(7-11-25)18-28(37)33-19-29(38)36(20-23-14-16-32-17-15-23)26-12-8-24(9-13-26)30(39)40/h2-13,23,32H,14-20H2,1H3,(H,33,37)(H,39,40)(H2,34,35,41). The number of rotatable bonds is 10. The van der Waals surface area contributed by atoms with Gasteiger partial charge in [0.25, 0.3) is 0 Å². The van der Waals surface area contributed by atoms with Crippen LogP contribution in [0.25, 0.3) is 0 Å². The summed E-state index contributed by atoms with van der Waals surface area (Å²) in [5, 5.41) is 20.8. The molecule has 0 saturated carbocycles. The van der Waals surface area contributed by atoms with E-state index in [1.165, 1.54) is 12.1 Å². The van der Waals surface area contributed by atoms with Gasteiger partial charge in [0.1, 0.15) is 0 Å². The Morgan fingerprint density at radius 2 is 1.59 bits per heavy atom. The van der Waals surface area contributed by atoms with Crippen LogP contribution in [0.15, 0.2) is 72.8 Å². The average molecular weight is 558 g/mol. The van der Waals surface area contributed by atoms with Crippen LogP contribution < -0.4 is 26.2 Å². The molecular weight excluding hydrogens is 522 g/mol. The fourth-order valence-corrected chi connectivity index (χ4v) is 4.68. The number of urea groups is 1. The zero-order valence-corrected chi connectivity index (χ0v) is 23.0. The number of nitrogens with zero attached hydrogens (tertiary/aromatic N) is 1. The Kier molecular flexibility index (Phi) is 10.1. The third kappa shape index (κ3) is 8.64. The summed E-state index contributed by atoms with van der Waals surface area (Å²) in [6.07, 6.45) is 1.94. The van der Waals surface area contributed by atoms with Crippen molar-refractivity contribution < 1.29 is 24.3 Å². The van der Waals surface area contributed by atoms with Crippen LogP contribution >= 0.6 is 0 Å². The normalized spacial score (nSPS) is 13.2. The molecule has 0 aromatic heterocycles. The highest BCUT2D eigenvalue weighted by atomic mass is 16.4. The van der Waals surface area contributed by atoms with Gasteiger partial charge in [-0.05, 0) is 92.4 Å². The van der Waals surface area contributed by atoms with Gasteiger partial charge in [-0.2, -0.15) is 0 Å². The molecular formula is C31H35N5O5. The monoisotopic (exact) mass is 557 g/mol. The first-order chi connectivity index (χ1) is 19.8. The molecule has 1 heterocycles. The van der Waals surface area contributed by atoms with Gasteiger partial charge in [-0.1, -0.05) is 30.3 Å². The predicted molar refractivity (Wildman–Crippen MR) is 158 cm³/mol. The molecule has 3 aromatic rings. The van der Waals surface area contributed by atoms with Crippen LogP contribution in [0.4, 0.5) is 21.9 Å². The van der Waals surface area contributed by atoms with Crippen LogP contribution in [0.5, 0.6) is 0 Å². The molecule has 1 aliphatic rings. The highest BCUT2D eigenvalue weighted by Gasteiger charge is 2.23. The number of carboxylic acids is 1. The van der Waals surface area contributed by atoms with Crippen molar-refractivity contribution in [3.8, 4) is 0 Å². The van der Waals surface area contributed by atoms with Crippen molar-refractivity contribution in [3.05, 3.63) is 89.5 Å². The van der Waals surface area contributed by atoms with Crippen molar-refractivity contribution in [2.75, 3.05) is 41.7 Å². The molecule has 214 valence electrons. The summed E-state index contributed by atoms with van der Waals surface area (Å²) in [5.41, 5.74) is 3.73. The van der Waals surface area contributed by atoms with Gasteiger partial charge in [0.05, 0.1) is 18.5 Å². The highest BCUT2D eigenvalue weighted by Crippen LogP contribution is 2.21. The van der Waals surface area contributed by atoms with Gasteiger partial charge in [-0.25, -0.2) is 9.59 Å². The van der Waals surface area contributed by atoms with E-state index >= 15 is 0 Å². The maximum absolute atomic E-state index is 13.2. The zero-order chi connectivity index (χ0) is 29.2. The van der Waals surface area contributed by atoms with E-state index in [1.54, 1.807) is 41.3 Å². The maximum atomic E-state index is 13.2. The molecule has 10 nitrogen and oxygen atoms in total. The van der Waals surface area contributed by atoms with Crippen LogP contribution in [-0.4, -0.2) is 55.1 Å². The lowest BCUT2D eigenvalue weighted by atomic mass is 9.97. The SMILES string of the molecule is Cc1ccccc1NC(=O)Nc1ccc(CC(=O)NCC(=O)N(CC2CCNCC2)c2ccc(C(=O)O)cc2)cc1. The lowest BCUT2D eigenvalue weighted by Gasteiger charge is -2.30. The Balaban J connectivity index is 1.30. The zero-order valence-electron chi connectivity index (χ0n) is 23.0. The highest BCUT2D eigenvalue weighted by molar-refractivity contribution is 6.00. The number of benzene rings is 3. The summed E-state index contributed by atoms with van der Waals surface area (Å²) >= 11 is 0. The minimum Gasteiger partial charge on any atom is -0.478 e. The first-order valence-corrected chi connectivity index (χ1v) is 13.6. The lowest BCUT2D eigenvalue weighted by Crippen LogP contribution is -2.44. The predicted octanol–water partition coefficient (Wildman–Crippen LogP) is 4.03. The van der Waals surface area contributed by atoms with Gasteiger partial charge in [0.15, 0.2) is 0 Å². The van der Waals surface area contributed by atoms with Gasteiger partial charge in [-0.3, -0.25) is 9.59 Å². The van der Waals surface area contributed by atoms with Crippen molar-refractivity contribution in [3.63, 3.8) is 0 Å². The van der Waals surface area contributed by atoms with E-state index in [0.717, 1.165) is 42.7 Å². The summed E-state index contributed by atoms with van der Waals surface area (Å²) in [5.74, 6) is -1.30. The minimum absolute atomic E-state index is 0.0740. The molecule has 1 aliphatic heterocycles. The van der Waals surface area contributed by atoms with E-state index < -0.39 is 5.97 Å². The maximum Gasteiger partial charge on any atom is 0.335 e. The molecule has 10 heteroatoms. The number of piperidine rings is 1. The summed E-state index contributed by atoms with van der Waals surface area (Å²) in [7, 11) is 0. The first-order valence-electron chi connectivity index (χ1n) is 13.6. The number of aromatic carboxylic acids is 1. The van der Waals surface area contributed by atoms with Crippen molar-refractivity contribution in [1.29, 1.82) is 0 Å². The molecule has 5 N–H and O–H groups in total. The van der Waals surface area contributed by atoms with Gasteiger partial charge in [0.2, 0.25) is 11.8 Å². The fraction of sp³-hybridized carbons (Fsp3) is 0.290. The molecule has 1 fully saturated rings. The Hall–Kier alpha value is -4.70. The van der Waals surface area contributed by atoms with Gasteiger partial charge < -0.3 is 31.3 Å². The Morgan fingerprint density at radius 3 is 2.24 bits per heavy atom. The summed E-state index contributed by atoms with van der Waals surface area (Å²) in [6.45, 7) is 3.99. The van der Waals surface area contributed by atoms with Crippen LogP contribution in [0.2, 0.25) is 0 Å². The van der Waals surface area contributed by atoms with Crippen molar-refractivity contribution in [2.24, 2.45) is 5.92 Å². The first kappa shape index (κ1) is 29.3. The van der Waals surface area contributed by atoms with Gasteiger partial charge in [0, 0.05) is 23.6 Å². The number of amides is 4. The second-order valence-electron chi connectivity index (χ2n) is 10.1. The Labute approximate surface area is 239 Å². The smallest absolute Gasteiger partial charge is 0.335 e. The molecule has 0 aliphatic carbocycles. The molecule has 0 bridgehead atoms. The van der Waals surface area contributed by atoms with Crippen molar-refractivity contribution >= 4 is 40.9 Å². The van der Waals surface area contributed by atoms with E-state index in [9.17, 15) is 24.3 Å². The summed E-state index contributed by atoms with van der Waals surface area (Å²) < 4.78 is 0. The quantitative estimate of drug-likeness (QED) is 0.255. The number of hydrogen-bond donors (Lipinski definition) is 5. The van der Waals surface area contributed by atoms with E-state index in [1.807, 2.05) is 31.2 Å². The summed E-state index contributed by atoms with van der Waals surface area (Å²) in [4.78, 5) is 51.1. The van der Waals surface area contributed by atoms with Crippen LogP contribution in [0.3, 0.4) is 0 Å². The number of hydrogen-bond acceptors (Lipinski definition) is 5. The van der Waals surface area contributed by atoms with Crippen molar-refractivity contribution in [2.45, 2.75) is 26.2 Å². The number of aryl methyl sites for hydroxylation is 1. The van der Waals surface area contributed by atoms with Crippen LogP contribution in [0.1, 0.15) is 34.3 Å². The molecule has 0 radical (unpaired) electrons. The van der Waals surface area contributed by atoms with Crippen molar-refractivity contribution in [1.82, 2.24) is 10.6 Å². The Morgan fingerprint density at radius 1 is 0.902 bits per heavy atom.